The second-order valence-electron chi connectivity index (χ2n) is 5.16. The van der Waals surface area contributed by atoms with Crippen molar-refractivity contribution in [2.75, 3.05) is 24.1 Å². The van der Waals surface area contributed by atoms with E-state index in [1.807, 2.05) is 16.9 Å². The quantitative estimate of drug-likeness (QED) is 0.571. The van der Waals surface area contributed by atoms with Crippen LogP contribution in [-0.2, 0) is 15.0 Å². The molecular formula is C15H17KN2O5S. The first-order valence-electron chi connectivity index (χ1n) is 7.10. The third kappa shape index (κ3) is 4.28. The van der Waals surface area contributed by atoms with Crippen molar-refractivity contribution in [1.82, 2.24) is 4.72 Å². The molecule has 9 heteroatoms. The Morgan fingerprint density at radius 1 is 1.17 bits per heavy atom. The summed E-state index contributed by atoms with van der Waals surface area (Å²) in [6.45, 7) is 0.243. The van der Waals surface area contributed by atoms with E-state index in [1.54, 1.807) is 24.3 Å². The molecule has 1 fully saturated rings. The summed E-state index contributed by atoms with van der Waals surface area (Å²) in [6.07, 6.45) is 0.540. The molecule has 2 N–H and O–H groups in total. The number of carbonyl (C=O) groups is 1. The number of anilines is 1. The van der Waals surface area contributed by atoms with Gasteiger partial charge in [-0.3, -0.25) is 4.79 Å². The van der Waals surface area contributed by atoms with Gasteiger partial charge in [-0.1, -0.05) is 12.1 Å². The summed E-state index contributed by atoms with van der Waals surface area (Å²) in [4.78, 5) is 11.3. The number of amides is 1. The van der Waals surface area contributed by atoms with Gasteiger partial charge in [-0.25, -0.2) is 9.03 Å². The van der Waals surface area contributed by atoms with E-state index >= 15 is 0 Å². The number of fused-ring (bicyclic) bond motifs is 1. The Labute approximate surface area is 182 Å². The molecule has 2 aromatic carbocycles. The predicted octanol–water partition coefficient (Wildman–Crippen LogP) is 0.133. The second-order valence-corrected chi connectivity index (χ2v) is 6.75. The Balaban J connectivity index is 0.00000208. The fraction of sp³-hybridized carbons (Fsp3) is 0.267. The molecule has 1 saturated heterocycles. The van der Waals surface area contributed by atoms with E-state index in [0.29, 0.717) is 24.5 Å². The van der Waals surface area contributed by atoms with Gasteiger partial charge in [0.1, 0.15) is 12.3 Å². The van der Waals surface area contributed by atoms with Crippen molar-refractivity contribution in [2.45, 2.75) is 6.42 Å². The van der Waals surface area contributed by atoms with Crippen LogP contribution in [0.1, 0.15) is 6.42 Å². The second kappa shape index (κ2) is 8.13. The van der Waals surface area contributed by atoms with E-state index in [4.69, 9.17) is 9.84 Å². The average molecular weight is 376 g/mol. The first-order valence-corrected chi connectivity index (χ1v) is 8.54. The van der Waals surface area contributed by atoms with Gasteiger partial charge in [0, 0.05) is 13.0 Å². The molecule has 3 rings (SSSR count). The van der Waals surface area contributed by atoms with Gasteiger partial charge in [0.25, 0.3) is 5.91 Å². The van der Waals surface area contributed by atoms with Crippen molar-refractivity contribution in [1.29, 1.82) is 0 Å². The van der Waals surface area contributed by atoms with Gasteiger partial charge in [0.2, 0.25) is 0 Å². The number of hydrogen-bond donors (Lipinski definition) is 2. The van der Waals surface area contributed by atoms with Crippen LogP contribution in [0.15, 0.2) is 36.4 Å². The first kappa shape index (κ1) is 19.6. The van der Waals surface area contributed by atoms with Crippen LogP contribution in [0.25, 0.3) is 10.8 Å². The van der Waals surface area contributed by atoms with Crippen molar-refractivity contribution in [2.24, 2.45) is 0 Å². The van der Waals surface area contributed by atoms with E-state index in [2.05, 4.69) is 0 Å². The Kier molecular flexibility index (Phi) is 6.65. The van der Waals surface area contributed by atoms with Crippen LogP contribution in [0, 0.1) is 0 Å². The van der Waals surface area contributed by atoms with Crippen molar-refractivity contribution in [3.8, 4) is 5.75 Å². The number of nitrogens with one attached hydrogen (secondary N) is 1. The third-order valence-electron chi connectivity index (χ3n) is 3.47. The van der Waals surface area contributed by atoms with E-state index in [0.717, 1.165) is 15.1 Å². The molecule has 0 saturated carbocycles. The predicted molar refractivity (Wildman–Crippen MR) is 92.7 cm³/mol. The van der Waals surface area contributed by atoms with Gasteiger partial charge in [0.15, 0.2) is 0 Å². The topological polar surface area (TPSA) is 95.9 Å². The summed E-state index contributed by atoms with van der Waals surface area (Å²) < 4.78 is 32.3. The molecule has 0 bridgehead atoms. The molecule has 1 amide bonds. The van der Waals surface area contributed by atoms with E-state index in [-0.39, 0.29) is 64.5 Å². The van der Waals surface area contributed by atoms with Gasteiger partial charge in [-0.2, -0.15) is 8.42 Å². The van der Waals surface area contributed by atoms with Crippen LogP contribution in [0.4, 0.5) is 5.69 Å². The molecule has 124 valence electrons. The van der Waals surface area contributed by atoms with Gasteiger partial charge >= 0.3 is 61.6 Å². The molecule has 1 heterocycles. The number of carbonyl (C=O) groups excluding carboxylic acids is 1. The number of hydrogen-bond acceptors (Lipinski definition) is 5. The summed E-state index contributed by atoms with van der Waals surface area (Å²) in [6, 6.07) is 10.6. The molecule has 24 heavy (non-hydrogen) atoms. The van der Waals surface area contributed by atoms with Gasteiger partial charge in [-0.05, 0) is 35.0 Å². The average Bonchev–Trinajstić information content (AvgIpc) is 2.79. The Morgan fingerprint density at radius 2 is 1.92 bits per heavy atom. The fourth-order valence-corrected chi connectivity index (χ4v) is 3.53. The molecule has 7 nitrogen and oxygen atoms in total. The normalized spacial score (nSPS) is 15.9. The molecule has 1 aliphatic heterocycles. The van der Waals surface area contributed by atoms with Crippen LogP contribution in [0.5, 0.6) is 5.75 Å². The summed E-state index contributed by atoms with van der Waals surface area (Å²) in [5.41, 5.74) is 0.420. The number of aliphatic hydroxyl groups is 1. The summed E-state index contributed by atoms with van der Waals surface area (Å²) in [5, 5.41) is 10.5. The van der Waals surface area contributed by atoms with Crippen molar-refractivity contribution < 1.29 is 23.1 Å². The number of rotatable bonds is 5. The van der Waals surface area contributed by atoms with Gasteiger partial charge in [-0.15, -0.1) is 0 Å². The summed E-state index contributed by atoms with van der Waals surface area (Å²) in [5.74, 6) is 0.0905. The number of aliphatic hydroxyl groups excluding tert-OH is 1. The molecule has 0 aromatic heterocycles. The van der Waals surface area contributed by atoms with Crippen LogP contribution >= 0.6 is 0 Å². The number of ether oxygens (including phenoxy) is 1. The number of nitrogens with zero attached hydrogens (tertiary/aromatic N) is 1. The zero-order valence-corrected chi connectivity index (χ0v) is 13.0. The van der Waals surface area contributed by atoms with Gasteiger partial charge < -0.3 is 9.84 Å². The van der Waals surface area contributed by atoms with Crippen LogP contribution in [-0.4, -0.2) is 90.6 Å². The maximum atomic E-state index is 11.9. The van der Waals surface area contributed by atoms with Gasteiger partial charge in [0.05, 0.1) is 12.3 Å². The molecule has 1 aliphatic rings. The Hall–Kier alpha value is -0.684. The molecular weight excluding hydrogens is 359 g/mol. The van der Waals surface area contributed by atoms with Crippen molar-refractivity contribution >= 4 is 84.0 Å². The maximum absolute atomic E-state index is 11.9. The van der Waals surface area contributed by atoms with E-state index < -0.39 is 16.1 Å². The Bertz CT molecular complexity index is 856. The van der Waals surface area contributed by atoms with Crippen LogP contribution in [0.2, 0.25) is 0 Å². The van der Waals surface area contributed by atoms with E-state index in [1.165, 1.54) is 0 Å². The van der Waals surface area contributed by atoms with Crippen LogP contribution < -0.4 is 13.8 Å². The number of benzene rings is 2. The SMILES string of the molecule is O=C1CN(c2ccc3ccc(OCCCO)cc3c2)S(=O)(=O)N1.[KH]. The summed E-state index contributed by atoms with van der Waals surface area (Å²) in [7, 11) is -3.81. The monoisotopic (exact) mass is 376 g/mol. The molecule has 2 aromatic rings. The third-order valence-corrected chi connectivity index (χ3v) is 4.88. The first-order chi connectivity index (χ1) is 11.0. The molecule has 0 spiro atoms. The Morgan fingerprint density at radius 3 is 2.58 bits per heavy atom. The minimum absolute atomic E-state index is 0. The van der Waals surface area contributed by atoms with E-state index in [9.17, 15) is 13.2 Å². The molecule has 0 atom stereocenters. The van der Waals surface area contributed by atoms with Crippen molar-refractivity contribution in [3.05, 3.63) is 36.4 Å². The molecule has 0 aliphatic carbocycles. The molecule has 0 unspecified atom stereocenters. The standard InChI is InChI=1S/C15H16N2O5S.K.H/c18-6-1-7-22-14-5-3-11-2-4-13(8-12(11)9-14)17-10-15(19)16-23(17,20)21;;/h2-5,8-9,18H,1,6-7,10H2,(H,16,19);;. The zero-order valence-electron chi connectivity index (χ0n) is 12.2. The molecule has 0 radical (unpaired) electrons. The minimum atomic E-state index is -3.81. The zero-order chi connectivity index (χ0) is 16.4. The summed E-state index contributed by atoms with van der Waals surface area (Å²) >= 11 is 0. The van der Waals surface area contributed by atoms with Crippen molar-refractivity contribution in [3.63, 3.8) is 0 Å². The fourth-order valence-electron chi connectivity index (χ4n) is 2.39. The van der Waals surface area contributed by atoms with Crippen LogP contribution in [0.3, 0.4) is 0 Å².